The van der Waals surface area contributed by atoms with Crippen LogP contribution in [-0.4, -0.2) is 23.0 Å². The molecule has 0 unspecified atom stereocenters. The van der Waals surface area contributed by atoms with Crippen LogP contribution < -0.4 is 5.32 Å². The molecule has 0 saturated carbocycles. The molecule has 2 rings (SSSR count). The maximum absolute atomic E-state index is 11.5. The number of hydrogen-bond donors (Lipinski definition) is 1. The van der Waals surface area contributed by atoms with E-state index in [1.165, 1.54) is 4.90 Å². The van der Waals surface area contributed by atoms with Gasteiger partial charge >= 0.3 is 0 Å². The zero-order valence-corrected chi connectivity index (χ0v) is 8.30. The van der Waals surface area contributed by atoms with Crippen LogP contribution in [-0.2, 0) is 4.79 Å². The summed E-state index contributed by atoms with van der Waals surface area (Å²) in [5.41, 5.74) is 0.437. The summed E-state index contributed by atoms with van der Waals surface area (Å²) in [5.74, 6) is 0.477. The largest absolute Gasteiger partial charge is 0.465 e. The molecule has 1 N–H and O–H groups in total. The number of nitrogens with zero attached hydrogens (tertiary/aromatic N) is 1. The second-order valence-corrected chi connectivity index (χ2v) is 3.25. The Balaban J connectivity index is 2.29. The highest BCUT2D eigenvalue weighted by molar-refractivity contribution is 7.80. The number of thiocarbonyl (C=S) groups is 1. The molecule has 72 valence electrons. The van der Waals surface area contributed by atoms with Crippen molar-refractivity contribution >= 4 is 29.3 Å². The molecule has 0 bridgehead atoms. The van der Waals surface area contributed by atoms with Crippen molar-refractivity contribution in [2.24, 2.45) is 0 Å². The molecule has 5 heteroatoms. The Morgan fingerprint density at radius 1 is 1.64 bits per heavy atom. The lowest BCUT2D eigenvalue weighted by Crippen LogP contribution is -2.25. The minimum atomic E-state index is -0.147. The molecule has 1 saturated heterocycles. The summed E-state index contributed by atoms with van der Waals surface area (Å²) in [5, 5.41) is 3.21. The molecular weight excluding hydrogens is 200 g/mol. The van der Waals surface area contributed by atoms with Crippen molar-refractivity contribution in [2.45, 2.75) is 0 Å². The van der Waals surface area contributed by atoms with Gasteiger partial charge in [-0.05, 0) is 24.4 Å². The fourth-order valence-corrected chi connectivity index (χ4v) is 1.33. The van der Waals surface area contributed by atoms with E-state index in [9.17, 15) is 4.79 Å². The van der Waals surface area contributed by atoms with Crippen LogP contribution in [0.1, 0.15) is 5.76 Å². The van der Waals surface area contributed by atoms with Crippen LogP contribution in [0.15, 0.2) is 28.5 Å². The summed E-state index contributed by atoms with van der Waals surface area (Å²) < 4.78 is 5.08. The maximum atomic E-state index is 11.5. The summed E-state index contributed by atoms with van der Waals surface area (Å²) in [6.07, 6.45) is 3.17. The van der Waals surface area contributed by atoms with Gasteiger partial charge in [0.05, 0.1) is 6.26 Å². The van der Waals surface area contributed by atoms with Crippen LogP contribution in [0.2, 0.25) is 0 Å². The first kappa shape index (κ1) is 8.96. The van der Waals surface area contributed by atoms with Gasteiger partial charge in [0.15, 0.2) is 5.11 Å². The lowest BCUT2D eigenvalue weighted by atomic mass is 10.3. The topological polar surface area (TPSA) is 45.5 Å². The van der Waals surface area contributed by atoms with Crippen LogP contribution in [0.3, 0.4) is 0 Å². The average Bonchev–Trinajstić information content (AvgIpc) is 2.73. The molecule has 2 heterocycles. The summed E-state index contributed by atoms with van der Waals surface area (Å²) in [6, 6.07) is 3.52. The van der Waals surface area contributed by atoms with Crippen molar-refractivity contribution in [1.29, 1.82) is 0 Å². The number of likely N-dealkylation sites (N-methyl/N-ethyl adjacent to an activating group) is 1. The van der Waals surface area contributed by atoms with Crippen LogP contribution in [0.5, 0.6) is 0 Å². The van der Waals surface area contributed by atoms with E-state index in [0.717, 1.165) is 0 Å². The van der Waals surface area contributed by atoms with E-state index in [1.807, 2.05) is 0 Å². The van der Waals surface area contributed by atoms with Crippen molar-refractivity contribution in [3.8, 4) is 0 Å². The number of carbonyl (C=O) groups is 1. The van der Waals surface area contributed by atoms with Crippen molar-refractivity contribution in [3.05, 3.63) is 29.9 Å². The van der Waals surface area contributed by atoms with Crippen LogP contribution in [0.4, 0.5) is 0 Å². The van der Waals surface area contributed by atoms with Gasteiger partial charge in [0.25, 0.3) is 5.91 Å². The Kier molecular flexibility index (Phi) is 2.09. The third-order valence-corrected chi connectivity index (χ3v) is 2.29. The van der Waals surface area contributed by atoms with E-state index in [0.29, 0.717) is 16.6 Å². The summed E-state index contributed by atoms with van der Waals surface area (Å²) in [7, 11) is 1.63. The van der Waals surface area contributed by atoms with Gasteiger partial charge in [-0.15, -0.1) is 0 Å². The lowest BCUT2D eigenvalue weighted by Gasteiger charge is -2.02. The molecule has 0 aliphatic carbocycles. The molecule has 4 nitrogen and oxygen atoms in total. The van der Waals surface area contributed by atoms with Gasteiger partial charge in [0.2, 0.25) is 0 Å². The van der Waals surface area contributed by atoms with E-state index < -0.39 is 0 Å². The molecule has 1 amide bonds. The van der Waals surface area contributed by atoms with Gasteiger partial charge < -0.3 is 9.73 Å². The third kappa shape index (κ3) is 1.42. The number of nitrogens with one attached hydrogen (secondary N) is 1. The molecule has 0 atom stereocenters. The van der Waals surface area contributed by atoms with E-state index >= 15 is 0 Å². The molecule has 1 aromatic heterocycles. The van der Waals surface area contributed by atoms with Crippen LogP contribution >= 0.6 is 12.2 Å². The molecule has 1 aromatic rings. The molecular formula is C9H8N2O2S. The highest BCUT2D eigenvalue weighted by Gasteiger charge is 2.27. The summed E-state index contributed by atoms with van der Waals surface area (Å²) >= 11 is 4.91. The summed E-state index contributed by atoms with van der Waals surface area (Å²) in [6.45, 7) is 0. The normalized spacial score (nSPS) is 19.2. The Bertz CT molecular complexity index is 408. The van der Waals surface area contributed by atoms with Gasteiger partial charge in [-0.2, -0.15) is 0 Å². The first-order valence-electron chi connectivity index (χ1n) is 4.03. The average molecular weight is 208 g/mol. The third-order valence-electron chi connectivity index (χ3n) is 1.91. The highest BCUT2D eigenvalue weighted by Crippen LogP contribution is 2.12. The molecule has 1 aliphatic heterocycles. The number of amides is 1. The van der Waals surface area contributed by atoms with Gasteiger partial charge in [-0.25, -0.2) is 0 Å². The van der Waals surface area contributed by atoms with Crippen molar-refractivity contribution in [1.82, 2.24) is 10.2 Å². The van der Waals surface area contributed by atoms with E-state index in [-0.39, 0.29) is 5.91 Å². The Hall–Kier alpha value is -1.62. The Morgan fingerprint density at radius 3 is 2.93 bits per heavy atom. The first-order chi connectivity index (χ1) is 6.68. The van der Waals surface area contributed by atoms with Gasteiger partial charge in [-0.3, -0.25) is 9.69 Å². The monoisotopic (exact) mass is 208 g/mol. The molecule has 1 fully saturated rings. The molecule has 0 aromatic carbocycles. The van der Waals surface area contributed by atoms with Gasteiger partial charge in [0.1, 0.15) is 11.5 Å². The van der Waals surface area contributed by atoms with Crippen molar-refractivity contribution in [2.75, 3.05) is 7.05 Å². The maximum Gasteiger partial charge on any atom is 0.276 e. The van der Waals surface area contributed by atoms with Gasteiger partial charge in [-0.1, -0.05) is 0 Å². The van der Waals surface area contributed by atoms with Gasteiger partial charge in [0, 0.05) is 13.1 Å². The second-order valence-electron chi connectivity index (χ2n) is 2.87. The predicted molar refractivity (Wildman–Crippen MR) is 55.2 cm³/mol. The predicted octanol–water partition coefficient (Wildman–Crippen LogP) is 0.967. The molecule has 0 spiro atoms. The lowest BCUT2D eigenvalue weighted by molar-refractivity contribution is -0.121. The van der Waals surface area contributed by atoms with E-state index in [1.54, 1.807) is 31.5 Å². The van der Waals surface area contributed by atoms with E-state index in [2.05, 4.69) is 5.32 Å². The first-order valence-corrected chi connectivity index (χ1v) is 4.43. The minimum Gasteiger partial charge on any atom is -0.465 e. The zero-order valence-electron chi connectivity index (χ0n) is 7.48. The van der Waals surface area contributed by atoms with Crippen LogP contribution in [0, 0.1) is 0 Å². The zero-order chi connectivity index (χ0) is 10.1. The number of rotatable bonds is 1. The SMILES string of the molecule is CN1C(=O)/C(=C/c2ccco2)NC1=S. The van der Waals surface area contributed by atoms with Crippen molar-refractivity contribution < 1.29 is 9.21 Å². The second kappa shape index (κ2) is 3.26. The molecule has 14 heavy (non-hydrogen) atoms. The fraction of sp³-hybridized carbons (Fsp3) is 0.111. The fourth-order valence-electron chi connectivity index (χ4n) is 1.14. The Labute approximate surface area is 86.2 Å². The smallest absolute Gasteiger partial charge is 0.276 e. The summed E-state index contributed by atoms with van der Waals surface area (Å²) in [4.78, 5) is 12.9. The van der Waals surface area contributed by atoms with Crippen molar-refractivity contribution in [3.63, 3.8) is 0 Å². The standard InChI is InChI=1S/C9H8N2O2S/c1-11-8(12)7(10-9(11)14)5-6-3-2-4-13-6/h2-5H,1H3,(H,10,14)/b7-5-. The Morgan fingerprint density at radius 2 is 2.43 bits per heavy atom. The molecule has 0 radical (unpaired) electrons. The van der Waals surface area contributed by atoms with Crippen LogP contribution in [0.25, 0.3) is 6.08 Å². The highest BCUT2D eigenvalue weighted by atomic mass is 32.1. The minimum absolute atomic E-state index is 0.147. The number of furan rings is 1. The quantitative estimate of drug-likeness (QED) is 0.551. The van der Waals surface area contributed by atoms with E-state index in [4.69, 9.17) is 16.6 Å². The number of carbonyl (C=O) groups excluding carboxylic acids is 1. The number of hydrogen-bond acceptors (Lipinski definition) is 3. The molecule has 1 aliphatic rings.